The Kier molecular flexibility index (Phi) is 29.4. The van der Waals surface area contributed by atoms with Crippen molar-refractivity contribution in [3.63, 3.8) is 0 Å². The molecule has 1 N–H and O–H groups in total. The van der Waals surface area contributed by atoms with Crippen molar-refractivity contribution in [2.75, 3.05) is 6.54 Å². The van der Waals surface area contributed by atoms with E-state index in [0.29, 0.717) is 12.8 Å². The standard InChI is InChI=1S/C35H69NO3/c1-4-6-8-10-12-14-16-18-20-22-24-26-28-30-34(38)36(32-33(3)37)35(39)31-29-27-25-23-21-19-17-15-13-11-9-7-5-2/h33,37H,4-32H2,1-3H3. The highest BCUT2D eigenvalue weighted by molar-refractivity contribution is 5.95. The van der Waals surface area contributed by atoms with Gasteiger partial charge in [0.2, 0.25) is 11.8 Å². The van der Waals surface area contributed by atoms with Gasteiger partial charge < -0.3 is 5.11 Å². The Bertz CT molecular complexity index is 492. The Morgan fingerprint density at radius 3 is 0.923 bits per heavy atom. The molecule has 0 saturated heterocycles. The highest BCUT2D eigenvalue weighted by atomic mass is 16.3. The monoisotopic (exact) mass is 552 g/mol. The van der Waals surface area contributed by atoms with E-state index in [0.717, 1.165) is 25.7 Å². The van der Waals surface area contributed by atoms with E-state index in [1.54, 1.807) is 6.92 Å². The molecular weight excluding hydrogens is 482 g/mol. The smallest absolute Gasteiger partial charge is 0.229 e. The molecule has 0 aromatic carbocycles. The summed E-state index contributed by atoms with van der Waals surface area (Å²) in [6.45, 7) is 6.32. The van der Waals surface area contributed by atoms with Crippen molar-refractivity contribution >= 4 is 11.8 Å². The maximum atomic E-state index is 12.7. The highest BCUT2D eigenvalue weighted by Gasteiger charge is 2.22. The number of carbonyl (C=O) groups excluding carboxylic acids is 2. The molecule has 0 spiro atoms. The molecule has 2 amide bonds. The Labute approximate surface area is 244 Å². The van der Waals surface area contributed by atoms with Gasteiger partial charge >= 0.3 is 0 Å². The first-order valence-electron chi connectivity index (χ1n) is 17.5. The lowest BCUT2D eigenvalue weighted by molar-refractivity contribution is -0.146. The van der Waals surface area contributed by atoms with E-state index >= 15 is 0 Å². The number of unbranched alkanes of at least 4 members (excludes halogenated alkanes) is 24. The first-order chi connectivity index (χ1) is 19.0. The number of aliphatic hydroxyl groups is 1. The molecule has 0 aromatic rings. The quantitative estimate of drug-likeness (QED) is 0.0903. The topological polar surface area (TPSA) is 57.6 Å². The molecule has 39 heavy (non-hydrogen) atoms. The second-order valence-corrected chi connectivity index (χ2v) is 12.2. The molecule has 0 saturated carbocycles. The molecule has 0 bridgehead atoms. The third-order valence-electron chi connectivity index (χ3n) is 8.04. The molecule has 0 rings (SSSR count). The first kappa shape index (κ1) is 38.1. The van der Waals surface area contributed by atoms with Crippen molar-refractivity contribution in [1.82, 2.24) is 4.90 Å². The Morgan fingerprint density at radius 2 is 0.692 bits per heavy atom. The van der Waals surface area contributed by atoms with Crippen molar-refractivity contribution in [3.8, 4) is 0 Å². The second-order valence-electron chi connectivity index (χ2n) is 12.2. The van der Waals surface area contributed by atoms with Crippen LogP contribution in [0.25, 0.3) is 0 Å². The fraction of sp³-hybridized carbons (Fsp3) is 0.943. The van der Waals surface area contributed by atoms with Crippen molar-refractivity contribution < 1.29 is 14.7 Å². The lowest BCUT2D eigenvalue weighted by Gasteiger charge is -2.22. The summed E-state index contributed by atoms with van der Waals surface area (Å²) in [7, 11) is 0. The molecule has 1 unspecified atom stereocenters. The molecule has 232 valence electrons. The zero-order valence-electron chi connectivity index (χ0n) is 26.8. The molecule has 0 fully saturated rings. The summed E-state index contributed by atoms with van der Waals surface area (Å²) >= 11 is 0. The fourth-order valence-electron chi connectivity index (χ4n) is 5.46. The number of carbonyl (C=O) groups is 2. The Morgan fingerprint density at radius 1 is 0.462 bits per heavy atom. The lowest BCUT2D eigenvalue weighted by Crippen LogP contribution is -2.41. The summed E-state index contributed by atoms with van der Waals surface area (Å²) in [5.41, 5.74) is 0. The van der Waals surface area contributed by atoms with Crippen LogP contribution in [0, 0.1) is 0 Å². The van der Waals surface area contributed by atoms with Crippen molar-refractivity contribution in [2.45, 2.75) is 207 Å². The molecule has 4 heteroatoms. The van der Waals surface area contributed by atoms with E-state index in [9.17, 15) is 14.7 Å². The average Bonchev–Trinajstić information content (AvgIpc) is 2.92. The summed E-state index contributed by atoms with van der Waals surface area (Å²) in [6, 6.07) is 0. The third kappa shape index (κ3) is 27.1. The van der Waals surface area contributed by atoms with Gasteiger partial charge in [-0.2, -0.15) is 0 Å². The van der Waals surface area contributed by atoms with E-state index < -0.39 is 6.10 Å². The van der Waals surface area contributed by atoms with Crippen molar-refractivity contribution in [2.24, 2.45) is 0 Å². The van der Waals surface area contributed by atoms with Crippen LogP contribution in [0.5, 0.6) is 0 Å². The third-order valence-corrected chi connectivity index (χ3v) is 8.04. The van der Waals surface area contributed by atoms with Crippen LogP contribution in [-0.4, -0.2) is 34.5 Å². The maximum absolute atomic E-state index is 12.7. The minimum absolute atomic E-state index is 0.0985. The lowest BCUT2D eigenvalue weighted by atomic mass is 10.0. The number of hydrogen-bond acceptors (Lipinski definition) is 3. The molecule has 0 aliphatic heterocycles. The number of aliphatic hydroxyl groups excluding tert-OH is 1. The van der Waals surface area contributed by atoms with Crippen LogP contribution in [-0.2, 0) is 9.59 Å². The number of amides is 2. The van der Waals surface area contributed by atoms with E-state index in [2.05, 4.69) is 13.8 Å². The van der Waals surface area contributed by atoms with Crippen LogP contribution in [0.15, 0.2) is 0 Å². The molecule has 4 nitrogen and oxygen atoms in total. The predicted molar refractivity (Wildman–Crippen MR) is 169 cm³/mol. The van der Waals surface area contributed by atoms with E-state index in [4.69, 9.17) is 0 Å². The normalized spacial score (nSPS) is 12.1. The summed E-state index contributed by atoms with van der Waals surface area (Å²) in [4.78, 5) is 26.8. The van der Waals surface area contributed by atoms with Gasteiger partial charge in [-0.15, -0.1) is 0 Å². The average molecular weight is 552 g/mol. The minimum Gasteiger partial charge on any atom is -0.392 e. The summed E-state index contributed by atoms with van der Waals surface area (Å²) < 4.78 is 0. The molecule has 0 heterocycles. The number of imide groups is 1. The number of nitrogens with zero attached hydrogens (tertiary/aromatic N) is 1. The number of rotatable bonds is 30. The first-order valence-corrected chi connectivity index (χ1v) is 17.5. The van der Waals surface area contributed by atoms with Gasteiger partial charge in [0.05, 0.1) is 12.6 Å². The Balaban J connectivity index is 3.81. The molecule has 0 aliphatic carbocycles. The van der Waals surface area contributed by atoms with E-state index in [1.165, 1.54) is 146 Å². The SMILES string of the molecule is CCCCCCCCCCCCCCCC(=O)N(CC(C)O)C(=O)CCCCCCCCCCCCCCC. The summed E-state index contributed by atoms with van der Waals surface area (Å²) in [6.07, 6.45) is 33.4. The summed E-state index contributed by atoms with van der Waals surface area (Å²) in [5.74, 6) is -0.197. The van der Waals surface area contributed by atoms with Gasteiger partial charge in [0.25, 0.3) is 0 Å². The zero-order chi connectivity index (χ0) is 28.8. The molecule has 0 radical (unpaired) electrons. The maximum Gasteiger partial charge on any atom is 0.229 e. The number of hydrogen-bond donors (Lipinski definition) is 1. The largest absolute Gasteiger partial charge is 0.392 e. The van der Waals surface area contributed by atoms with Crippen LogP contribution >= 0.6 is 0 Å². The highest BCUT2D eigenvalue weighted by Crippen LogP contribution is 2.16. The predicted octanol–water partition coefficient (Wildman–Crippen LogP) is 10.7. The van der Waals surface area contributed by atoms with Gasteiger partial charge in [0.1, 0.15) is 0 Å². The van der Waals surface area contributed by atoms with Crippen LogP contribution < -0.4 is 0 Å². The fourth-order valence-corrected chi connectivity index (χ4v) is 5.46. The van der Waals surface area contributed by atoms with Gasteiger partial charge in [-0.05, 0) is 19.8 Å². The molecule has 0 aliphatic rings. The van der Waals surface area contributed by atoms with Crippen LogP contribution in [0.2, 0.25) is 0 Å². The van der Waals surface area contributed by atoms with Gasteiger partial charge in [-0.3, -0.25) is 14.5 Å². The molecule has 0 aromatic heterocycles. The van der Waals surface area contributed by atoms with Crippen LogP contribution in [0.4, 0.5) is 0 Å². The van der Waals surface area contributed by atoms with Gasteiger partial charge in [0, 0.05) is 12.8 Å². The molecule has 1 atom stereocenters. The molecular formula is C35H69NO3. The van der Waals surface area contributed by atoms with Gasteiger partial charge in [-0.1, -0.05) is 168 Å². The summed E-state index contributed by atoms with van der Waals surface area (Å²) in [5, 5.41) is 9.84. The van der Waals surface area contributed by atoms with E-state index in [-0.39, 0.29) is 18.4 Å². The second kappa shape index (κ2) is 30.1. The van der Waals surface area contributed by atoms with Crippen molar-refractivity contribution in [1.29, 1.82) is 0 Å². The van der Waals surface area contributed by atoms with Crippen LogP contribution in [0.3, 0.4) is 0 Å². The minimum atomic E-state index is -0.670. The van der Waals surface area contributed by atoms with E-state index in [1.807, 2.05) is 0 Å². The van der Waals surface area contributed by atoms with Crippen LogP contribution in [0.1, 0.15) is 201 Å². The van der Waals surface area contributed by atoms with Crippen molar-refractivity contribution in [3.05, 3.63) is 0 Å². The zero-order valence-corrected chi connectivity index (χ0v) is 26.8. The van der Waals surface area contributed by atoms with Gasteiger partial charge in [-0.25, -0.2) is 0 Å². The van der Waals surface area contributed by atoms with Gasteiger partial charge in [0.15, 0.2) is 0 Å². The Hall–Kier alpha value is -0.900.